The minimum atomic E-state index is -4.19. The number of sulfone groups is 1. The van der Waals surface area contributed by atoms with Gasteiger partial charge in [0.25, 0.3) is 11.5 Å². The molecular weight excluding hydrogens is 561 g/mol. The molecular formula is C27H18FN3O7S2. The zero-order valence-corrected chi connectivity index (χ0v) is 22.1. The molecule has 1 aliphatic rings. The number of nitrogens with zero attached hydrogens (tertiary/aromatic N) is 3. The van der Waals surface area contributed by atoms with Gasteiger partial charge in [-0.1, -0.05) is 53.3 Å². The molecule has 2 heterocycles. The van der Waals surface area contributed by atoms with E-state index in [1.807, 2.05) is 6.92 Å². The molecule has 0 radical (unpaired) electrons. The van der Waals surface area contributed by atoms with Crippen LogP contribution in [0.3, 0.4) is 0 Å². The van der Waals surface area contributed by atoms with Crippen molar-refractivity contribution in [2.24, 2.45) is 0 Å². The minimum Gasteiger partial charge on any atom is -0.507 e. The summed E-state index contributed by atoms with van der Waals surface area (Å²) in [5.74, 6) is -3.10. The van der Waals surface area contributed by atoms with Crippen LogP contribution in [0.1, 0.15) is 22.7 Å². The van der Waals surface area contributed by atoms with Gasteiger partial charge in [-0.2, -0.15) is 0 Å². The molecule has 10 nitrogen and oxygen atoms in total. The summed E-state index contributed by atoms with van der Waals surface area (Å²) >= 11 is 0.603. The van der Waals surface area contributed by atoms with Crippen LogP contribution in [0.2, 0.25) is 0 Å². The molecule has 0 spiro atoms. The quantitative estimate of drug-likeness (QED) is 0.111. The summed E-state index contributed by atoms with van der Waals surface area (Å²) in [7, 11) is -4.19. The maximum absolute atomic E-state index is 13.7. The van der Waals surface area contributed by atoms with Crippen molar-refractivity contribution < 1.29 is 32.4 Å². The highest BCUT2D eigenvalue weighted by molar-refractivity contribution is 7.93. The Hall–Kier alpha value is -4.75. The summed E-state index contributed by atoms with van der Waals surface area (Å²) in [6, 6.07) is 14.6. The number of rotatable bonds is 6. The van der Waals surface area contributed by atoms with Crippen molar-refractivity contribution in [3.05, 3.63) is 117 Å². The fourth-order valence-corrected chi connectivity index (χ4v) is 6.75. The van der Waals surface area contributed by atoms with Gasteiger partial charge in [0.15, 0.2) is 5.13 Å². The van der Waals surface area contributed by atoms with E-state index in [2.05, 4.69) is 4.98 Å². The molecule has 0 aliphatic carbocycles. The normalized spacial score (nSPS) is 16.9. The fourth-order valence-electron chi connectivity index (χ4n) is 4.21. The van der Waals surface area contributed by atoms with E-state index in [1.165, 1.54) is 12.1 Å². The third-order valence-electron chi connectivity index (χ3n) is 6.26. The number of benzene rings is 3. The van der Waals surface area contributed by atoms with Crippen LogP contribution in [0.15, 0.2) is 93.7 Å². The van der Waals surface area contributed by atoms with Gasteiger partial charge in [0.1, 0.15) is 15.8 Å². The average molecular weight is 580 g/mol. The second-order valence-corrected chi connectivity index (χ2v) is 12.0. The lowest BCUT2D eigenvalue weighted by molar-refractivity contribution is -0.384. The molecule has 40 heavy (non-hydrogen) atoms. The van der Waals surface area contributed by atoms with Crippen molar-refractivity contribution in [1.29, 1.82) is 0 Å². The number of hydrogen-bond donors (Lipinski definition) is 1. The van der Waals surface area contributed by atoms with Crippen LogP contribution in [0.4, 0.5) is 15.2 Å². The van der Waals surface area contributed by atoms with E-state index in [0.717, 1.165) is 53.1 Å². The maximum Gasteiger partial charge on any atom is 0.301 e. The number of carbonyl (C=O) groups is 2. The number of nitro benzene ring substituents is 1. The number of thiazole rings is 1. The Labute approximate surface area is 230 Å². The number of Topliss-reactive ketones (excluding diaryl/α,β-unsaturated/α-hetero) is 1. The van der Waals surface area contributed by atoms with Gasteiger partial charge in [-0.3, -0.25) is 24.6 Å². The van der Waals surface area contributed by atoms with Crippen molar-refractivity contribution in [1.82, 2.24) is 4.98 Å². The van der Waals surface area contributed by atoms with E-state index >= 15 is 0 Å². The third kappa shape index (κ3) is 4.65. The van der Waals surface area contributed by atoms with Crippen LogP contribution >= 0.6 is 11.3 Å². The molecule has 1 N–H and O–H groups in total. The molecule has 5 rings (SSSR count). The molecule has 202 valence electrons. The van der Waals surface area contributed by atoms with Crippen LogP contribution in [0.5, 0.6) is 0 Å². The van der Waals surface area contributed by atoms with Crippen LogP contribution in [0, 0.1) is 22.9 Å². The highest BCUT2D eigenvalue weighted by atomic mass is 32.2. The molecule has 1 atom stereocenters. The Kier molecular flexibility index (Phi) is 6.77. The Balaban J connectivity index is 1.62. The van der Waals surface area contributed by atoms with E-state index in [1.54, 1.807) is 24.3 Å². The van der Waals surface area contributed by atoms with E-state index in [4.69, 9.17) is 0 Å². The number of nitro groups is 1. The smallest absolute Gasteiger partial charge is 0.301 e. The lowest BCUT2D eigenvalue weighted by atomic mass is 9.95. The predicted octanol–water partition coefficient (Wildman–Crippen LogP) is 4.96. The van der Waals surface area contributed by atoms with Crippen molar-refractivity contribution >= 4 is 49.4 Å². The number of halogens is 1. The van der Waals surface area contributed by atoms with E-state index in [9.17, 15) is 37.6 Å². The lowest BCUT2D eigenvalue weighted by Crippen LogP contribution is -2.29. The van der Waals surface area contributed by atoms with Gasteiger partial charge in [-0.25, -0.2) is 17.8 Å². The average Bonchev–Trinajstić information content (AvgIpc) is 3.53. The highest BCUT2D eigenvalue weighted by Gasteiger charge is 2.48. The van der Waals surface area contributed by atoms with Crippen molar-refractivity contribution in [3.63, 3.8) is 0 Å². The molecule has 0 unspecified atom stereocenters. The highest BCUT2D eigenvalue weighted by Crippen LogP contribution is 2.44. The third-order valence-corrected chi connectivity index (χ3v) is 9.48. The molecule has 0 bridgehead atoms. The Morgan fingerprint density at radius 2 is 1.65 bits per heavy atom. The molecule has 1 fully saturated rings. The van der Waals surface area contributed by atoms with Crippen molar-refractivity contribution in [2.45, 2.75) is 22.1 Å². The van der Waals surface area contributed by atoms with Crippen LogP contribution in [-0.2, 0) is 19.4 Å². The summed E-state index contributed by atoms with van der Waals surface area (Å²) in [4.78, 5) is 41.6. The first-order chi connectivity index (χ1) is 19.0. The molecule has 4 aromatic rings. The molecule has 1 amide bonds. The number of aliphatic hydroxyl groups excluding tert-OH is 1. The molecule has 1 aromatic heterocycles. The van der Waals surface area contributed by atoms with Gasteiger partial charge >= 0.3 is 5.91 Å². The zero-order chi connectivity index (χ0) is 28.8. The van der Waals surface area contributed by atoms with E-state index in [-0.39, 0.29) is 36.6 Å². The maximum atomic E-state index is 13.7. The standard InChI is InChI=1S/C27H18FN3O7S2/c1-15-2-4-17(5-3-15)24(32)22-23(16-6-8-18(28)9-7-16)30(26(34)25(22)33)27-29-14-21(39-27)40(37,38)20-12-10-19(11-13-20)31(35)36/h2-14,23,32H,1H3/t23-/m0/s1. The van der Waals surface area contributed by atoms with Gasteiger partial charge in [0, 0.05) is 17.7 Å². The number of aryl methyl sites for hydroxylation is 1. The molecule has 1 aliphatic heterocycles. The summed E-state index contributed by atoms with van der Waals surface area (Å²) in [5.41, 5.74) is 0.896. The molecule has 3 aromatic carbocycles. The zero-order valence-electron chi connectivity index (χ0n) is 20.5. The second-order valence-electron chi connectivity index (χ2n) is 8.80. The Bertz CT molecular complexity index is 1800. The first-order valence-corrected chi connectivity index (χ1v) is 13.9. The largest absolute Gasteiger partial charge is 0.507 e. The van der Waals surface area contributed by atoms with E-state index < -0.39 is 44.1 Å². The van der Waals surface area contributed by atoms with Gasteiger partial charge in [0.2, 0.25) is 9.84 Å². The molecule has 0 saturated carbocycles. The summed E-state index contributed by atoms with van der Waals surface area (Å²) in [6.07, 6.45) is 1.01. The molecule has 13 heteroatoms. The number of carbonyl (C=O) groups excluding carboxylic acids is 2. The first-order valence-electron chi connectivity index (χ1n) is 11.6. The van der Waals surface area contributed by atoms with Crippen LogP contribution in [-0.4, -0.2) is 35.1 Å². The fraction of sp³-hybridized carbons (Fsp3) is 0.0741. The minimum absolute atomic E-state index is 0.153. The van der Waals surface area contributed by atoms with Crippen molar-refractivity contribution in [2.75, 3.05) is 4.90 Å². The van der Waals surface area contributed by atoms with Gasteiger partial charge in [-0.15, -0.1) is 0 Å². The lowest BCUT2D eigenvalue weighted by Gasteiger charge is -2.23. The first kappa shape index (κ1) is 26.8. The van der Waals surface area contributed by atoms with Crippen molar-refractivity contribution in [3.8, 4) is 0 Å². The predicted molar refractivity (Wildman–Crippen MR) is 143 cm³/mol. The Morgan fingerprint density at radius 1 is 1.02 bits per heavy atom. The summed E-state index contributed by atoms with van der Waals surface area (Å²) in [5, 5.41) is 21.9. The number of non-ortho nitro benzene ring substituents is 1. The SMILES string of the molecule is Cc1ccc(C(O)=C2C(=O)C(=O)N(c3ncc(S(=O)(=O)c4ccc([N+](=O)[O-])cc4)s3)[C@H]2c2ccc(F)cc2)cc1. The number of amides is 1. The number of ketones is 1. The molecule has 1 saturated heterocycles. The Morgan fingerprint density at radius 3 is 2.25 bits per heavy atom. The topological polar surface area (TPSA) is 148 Å². The monoisotopic (exact) mass is 579 g/mol. The van der Waals surface area contributed by atoms with Gasteiger partial charge in [-0.05, 0) is 36.8 Å². The number of anilines is 1. The van der Waals surface area contributed by atoms with E-state index in [0.29, 0.717) is 11.3 Å². The summed E-state index contributed by atoms with van der Waals surface area (Å²) in [6.45, 7) is 1.84. The number of hydrogen-bond acceptors (Lipinski definition) is 9. The van der Waals surface area contributed by atoms with Crippen LogP contribution in [0.25, 0.3) is 5.76 Å². The van der Waals surface area contributed by atoms with Gasteiger partial charge in [0.05, 0.1) is 27.6 Å². The number of aliphatic hydroxyl groups is 1. The second kappa shape index (κ2) is 10.1. The van der Waals surface area contributed by atoms with Gasteiger partial charge < -0.3 is 5.11 Å². The number of aromatic nitrogens is 1. The summed E-state index contributed by atoms with van der Waals surface area (Å²) < 4.78 is 39.9. The van der Waals surface area contributed by atoms with Crippen LogP contribution < -0.4 is 4.90 Å².